The van der Waals surface area contributed by atoms with Gasteiger partial charge in [0, 0.05) is 22.0 Å². The van der Waals surface area contributed by atoms with Gasteiger partial charge in [-0.3, -0.25) is 0 Å². The van der Waals surface area contributed by atoms with Crippen LogP contribution >= 0.6 is 0 Å². The molecule has 0 atom stereocenters. The second-order valence-corrected chi connectivity index (χ2v) is 19.1. The van der Waals surface area contributed by atoms with Gasteiger partial charge in [0.2, 0.25) is 6.71 Å². The van der Waals surface area contributed by atoms with Crippen LogP contribution in [0.5, 0.6) is 0 Å². The molecule has 7 aromatic carbocycles. The Morgan fingerprint density at radius 3 is 1.39 bits per heavy atom. The first kappa shape index (κ1) is 36.1. The van der Waals surface area contributed by atoms with Gasteiger partial charge < -0.3 is 4.57 Å². The van der Waals surface area contributed by atoms with Crippen molar-refractivity contribution >= 4 is 44.9 Å². The predicted octanol–water partition coefficient (Wildman–Crippen LogP) is 12.5. The van der Waals surface area contributed by atoms with Crippen LogP contribution in [-0.2, 0) is 16.2 Å². The van der Waals surface area contributed by atoms with Crippen LogP contribution in [0, 0.1) is 0 Å². The molecule has 0 unspecified atom stereocenters. The van der Waals surface area contributed by atoms with Gasteiger partial charge in [-0.1, -0.05) is 183 Å². The molecular formula is C54H52BN. The molecule has 1 aliphatic heterocycles. The molecule has 0 radical (unpaired) electrons. The van der Waals surface area contributed by atoms with Gasteiger partial charge in [-0.25, -0.2) is 0 Å². The molecule has 0 N–H and O–H groups in total. The van der Waals surface area contributed by atoms with Gasteiger partial charge in [0.15, 0.2) is 0 Å². The van der Waals surface area contributed by atoms with Crippen LogP contribution in [0.2, 0.25) is 0 Å². The fourth-order valence-electron chi connectivity index (χ4n) is 8.96. The fourth-order valence-corrected chi connectivity index (χ4v) is 8.96. The molecule has 0 saturated carbocycles. The predicted molar refractivity (Wildman–Crippen MR) is 244 cm³/mol. The summed E-state index contributed by atoms with van der Waals surface area (Å²) in [6, 6.07) is 57.6. The molecule has 0 amide bonds. The largest absolute Gasteiger partial charge is 0.310 e. The number of nitrogens with zero attached hydrogens (tertiary/aromatic N) is 1. The van der Waals surface area contributed by atoms with E-state index in [1.807, 2.05) is 0 Å². The van der Waals surface area contributed by atoms with Crippen molar-refractivity contribution in [2.75, 3.05) is 0 Å². The summed E-state index contributed by atoms with van der Waals surface area (Å²) >= 11 is 0. The monoisotopic (exact) mass is 725 g/mol. The zero-order valence-electron chi connectivity index (χ0n) is 34.5. The van der Waals surface area contributed by atoms with E-state index in [9.17, 15) is 0 Å². The standard InChI is InChI=1S/C54H52BN/c1-52(2,3)39-25-27-48-44(31-39)45-32-41(54(7,8)9)34-47-51(45)56(48)49-28-26-40(53(4,5)6)33-46(49)55(47)50-42(36-21-15-11-16-22-36)29-38(35-19-13-10-14-20-35)30-43(50)37-23-17-12-18-24-37/h10-34H,1-9H3. The number of benzene rings is 7. The molecule has 1 aromatic heterocycles. The molecule has 1 nitrogen and oxygen atoms in total. The summed E-state index contributed by atoms with van der Waals surface area (Å²) in [5.74, 6) is 0. The van der Waals surface area contributed by atoms with Crippen molar-refractivity contribution in [3.05, 3.63) is 168 Å². The normalized spacial score (nSPS) is 13.1. The summed E-state index contributed by atoms with van der Waals surface area (Å²) in [7, 11) is 0. The van der Waals surface area contributed by atoms with Crippen LogP contribution in [-0.4, -0.2) is 11.3 Å². The fraction of sp³-hybridized carbons (Fsp3) is 0.222. The third-order valence-electron chi connectivity index (χ3n) is 12.1. The van der Waals surface area contributed by atoms with Crippen molar-refractivity contribution < 1.29 is 0 Å². The molecule has 9 rings (SSSR count). The number of hydrogen-bond donors (Lipinski definition) is 0. The Kier molecular flexibility index (Phi) is 8.37. The molecule has 2 heterocycles. The first-order chi connectivity index (χ1) is 26.7. The maximum atomic E-state index is 2.60. The van der Waals surface area contributed by atoms with Crippen LogP contribution in [0.3, 0.4) is 0 Å². The number of fused-ring (bicyclic) bond motifs is 5. The zero-order chi connectivity index (χ0) is 39.1. The van der Waals surface area contributed by atoms with Crippen LogP contribution in [0.25, 0.3) is 60.9 Å². The van der Waals surface area contributed by atoms with Crippen LogP contribution < -0.4 is 16.4 Å². The average Bonchev–Trinajstić information content (AvgIpc) is 3.52. The highest BCUT2D eigenvalue weighted by molar-refractivity contribution is 6.99. The minimum absolute atomic E-state index is 0.0233. The summed E-state index contributed by atoms with van der Waals surface area (Å²) < 4.78 is 2.60. The lowest BCUT2D eigenvalue weighted by molar-refractivity contribution is 0.590. The summed E-state index contributed by atoms with van der Waals surface area (Å²) in [4.78, 5) is 0. The second-order valence-electron chi connectivity index (χ2n) is 19.1. The molecule has 1 aliphatic rings. The van der Waals surface area contributed by atoms with E-state index in [1.54, 1.807) is 0 Å². The van der Waals surface area contributed by atoms with E-state index in [0.29, 0.717) is 0 Å². The van der Waals surface area contributed by atoms with E-state index < -0.39 is 0 Å². The molecular weight excluding hydrogens is 673 g/mol. The topological polar surface area (TPSA) is 4.93 Å². The Morgan fingerprint density at radius 1 is 0.393 bits per heavy atom. The molecule has 56 heavy (non-hydrogen) atoms. The van der Waals surface area contributed by atoms with Crippen LogP contribution in [0.4, 0.5) is 0 Å². The third-order valence-corrected chi connectivity index (χ3v) is 12.1. The smallest absolute Gasteiger partial charge is 0.248 e. The first-order valence-corrected chi connectivity index (χ1v) is 20.3. The molecule has 276 valence electrons. The third kappa shape index (κ3) is 6.02. The van der Waals surface area contributed by atoms with Crippen LogP contribution in [0.1, 0.15) is 79.0 Å². The van der Waals surface area contributed by atoms with E-state index in [2.05, 4.69) is 219 Å². The van der Waals surface area contributed by atoms with Crippen molar-refractivity contribution in [3.8, 4) is 39.1 Å². The minimum Gasteiger partial charge on any atom is -0.310 e. The Labute approximate surface area is 334 Å². The SMILES string of the molecule is CC(C)(C)c1ccc2c(c1)B(c1c(-c3ccccc3)cc(-c3ccccc3)cc1-c1ccccc1)c1cc(C(C)(C)C)cc3c4cc(C(C)(C)C)ccc4n-2c13. The van der Waals surface area contributed by atoms with Gasteiger partial charge in [-0.15, -0.1) is 0 Å². The lowest BCUT2D eigenvalue weighted by atomic mass is 9.33. The number of rotatable bonds is 4. The highest BCUT2D eigenvalue weighted by atomic mass is 15.0. The molecule has 0 spiro atoms. The van der Waals surface area contributed by atoms with Crippen molar-refractivity contribution in [2.24, 2.45) is 0 Å². The van der Waals surface area contributed by atoms with Gasteiger partial charge >= 0.3 is 0 Å². The summed E-state index contributed by atoms with van der Waals surface area (Å²) in [5, 5.41) is 2.67. The van der Waals surface area contributed by atoms with E-state index in [4.69, 9.17) is 0 Å². The molecule has 0 bridgehead atoms. The Balaban J connectivity index is 1.50. The second kappa shape index (κ2) is 13.0. The van der Waals surface area contributed by atoms with Gasteiger partial charge in [0.05, 0.1) is 5.52 Å². The molecule has 0 saturated heterocycles. The summed E-state index contributed by atoms with van der Waals surface area (Å²) in [6.07, 6.45) is 0. The zero-order valence-corrected chi connectivity index (χ0v) is 34.5. The van der Waals surface area contributed by atoms with Gasteiger partial charge in [0.1, 0.15) is 0 Å². The Morgan fingerprint density at radius 2 is 0.857 bits per heavy atom. The number of aromatic nitrogens is 1. The van der Waals surface area contributed by atoms with Crippen molar-refractivity contribution in [3.63, 3.8) is 0 Å². The molecule has 8 aromatic rings. The van der Waals surface area contributed by atoms with Gasteiger partial charge in [-0.05, 0) is 114 Å². The maximum absolute atomic E-state index is 2.60. The number of hydrogen-bond acceptors (Lipinski definition) is 0. The van der Waals surface area contributed by atoms with E-state index >= 15 is 0 Å². The molecule has 0 fully saturated rings. The first-order valence-electron chi connectivity index (χ1n) is 20.3. The molecule has 2 heteroatoms. The average molecular weight is 726 g/mol. The molecule has 0 aliphatic carbocycles. The van der Waals surface area contributed by atoms with Crippen LogP contribution in [0.15, 0.2) is 152 Å². The van der Waals surface area contributed by atoms with E-state index in [0.717, 1.165) is 0 Å². The van der Waals surface area contributed by atoms with Crippen molar-refractivity contribution in [1.82, 2.24) is 4.57 Å². The maximum Gasteiger partial charge on any atom is 0.248 e. The quantitative estimate of drug-likeness (QED) is 0.159. The van der Waals surface area contributed by atoms with Gasteiger partial charge in [0.25, 0.3) is 0 Å². The van der Waals surface area contributed by atoms with Crippen molar-refractivity contribution in [2.45, 2.75) is 78.6 Å². The minimum atomic E-state index is -0.0550. The summed E-state index contributed by atoms with van der Waals surface area (Å²) in [5.41, 5.74) is 19.4. The highest BCUT2D eigenvalue weighted by Crippen LogP contribution is 2.40. The van der Waals surface area contributed by atoms with E-state index in [1.165, 1.54) is 94.0 Å². The van der Waals surface area contributed by atoms with E-state index in [-0.39, 0.29) is 23.0 Å². The van der Waals surface area contributed by atoms with Crippen molar-refractivity contribution in [1.29, 1.82) is 0 Å². The van der Waals surface area contributed by atoms with Gasteiger partial charge in [-0.2, -0.15) is 0 Å². The Bertz CT molecular complexity index is 2710. The lowest BCUT2D eigenvalue weighted by Crippen LogP contribution is -2.57. The highest BCUT2D eigenvalue weighted by Gasteiger charge is 2.39. The Hall–Kier alpha value is -5.60. The lowest BCUT2D eigenvalue weighted by Gasteiger charge is -2.33. The summed E-state index contributed by atoms with van der Waals surface area (Å²) in [6.45, 7) is 21.1.